The van der Waals surface area contributed by atoms with Crippen LogP contribution in [0.25, 0.3) is 0 Å². The van der Waals surface area contributed by atoms with Crippen LogP contribution in [-0.4, -0.2) is 41.4 Å². The first-order chi connectivity index (χ1) is 11.0. The van der Waals surface area contributed by atoms with E-state index in [4.69, 9.17) is 5.73 Å². The van der Waals surface area contributed by atoms with E-state index in [1.165, 1.54) is 11.3 Å². The Balaban J connectivity index is 1.50. The molecule has 0 aromatic carbocycles. The van der Waals surface area contributed by atoms with Crippen LogP contribution in [0.5, 0.6) is 0 Å². The highest BCUT2D eigenvalue weighted by Gasteiger charge is 2.40. The number of thiophene rings is 1. The van der Waals surface area contributed by atoms with Gasteiger partial charge in [0.2, 0.25) is 5.91 Å². The molecule has 1 aromatic heterocycles. The minimum Gasteiger partial charge on any atom is -0.348 e. The Labute approximate surface area is 141 Å². The summed E-state index contributed by atoms with van der Waals surface area (Å²) in [4.78, 5) is 28.6. The van der Waals surface area contributed by atoms with Crippen LogP contribution in [0.15, 0.2) is 12.1 Å². The van der Waals surface area contributed by atoms with Crippen LogP contribution < -0.4 is 11.1 Å². The molecular formula is C17H25N3O2S. The highest BCUT2D eigenvalue weighted by molar-refractivity contribution is 7.13. The van der Waals surface area contributed by atoms with Gasteiger partial charge in [-0.2, -0.15) is 0 Å². The van der Waals surface area contributed by atoms with Crippen LogP contribution in [0.3, 0.4) is 0 Å². The molecule has 23 heavy (non-hydrogen) atoms. The second-order valence-electron chi connectivity index (χ2n) is 6.81. The second kappa shape index (κ2) is 6.61. The Hall–Kier alpha value is -1.40. The predicted molar refractivity (Wildman–Crippen MR) is 91.5 cm³/mol. The fourth-order valence-electron chi connectivity index (χ4n) is 3.57. The molecule has 1 aromatic rings. The quantitative estimate of drug-likeness (QED) is 0.888. The molecule has 2 aliphatic rings. The van der Waals surface area contributed by atoms with Gasteiger partial charge in [-0.15, -0.1) is 11.3 Å². The van der Waals surface area contributed by atoms with Gasteiger partial charge in [-0.3, -0.25) is 9.59 Å². The minimum atomic E-state index is -0.634. The van der Waals surface area contributed by atoms with E-state index in [0.29, 0.717) is 13.1 Å². The van der Waals surface area contributed by atoms with Crippen molar-refractivity contribution in [1.82, 2.24) is 10.2 Å². The lowest BCUT2D eigenvalue weighted by Crippen LogP contribution is -2.56. The summed E-state index contributed by atoms with van der Waals surface area (Å²) in [6.07, 6.45) is 5.32. The number of nitrogens with zero attached hydrogens (tertiary/aromatic N) is 1. The molecule has 1 saturated carbocycles. The summed E-state index contributed by atoms with van der Waals surface area (Å²) in [5, 5.41) is 3.09. The summed E-state index contributed by atoms with van der Waals surface area (Å²) in [5.74, 6) is 0.104. The molecule has 0 spiro atoms. The zero-order valence-corrected chi connectivity index (χ0v) is 14.5. The SMILES string of the molecule is Cc1ccc(C(=O)NC2CCN(C(=O)C3(N)CCCC3)CC2)s1. The first-order valence-electron chi connectivity index (χ1n) is 8.43. The van der Waals surface area contributed by atoms with Gasteiger partial charge in [0.05, 0.1) is 10.4 Å². The van der Waals surface area contributed by atoms with Crippen molar-refractivity contribution in [3.05, 3.63) is 21.9 Å². The third-order valence-electron chi connectivity index (χ3n) is 5.00. The Morgan fingerprint density at radius 2 is 1.91 bits per heavy atom. The first-order valence-corrected chi connectivity index (χ1v) is 9.25. The number of aryl methyl sites for hydroxylation is 1. The molecule has 0 unspecified atom stereocenters. The van der Waals surface area contributed by atoms with E-state index in [0.717, 1.165) is 48.3 Å². The van der Waals surface area contributed by atoms with E-state index < -0.39 is 5.54 Å². The maximum atomic E-state index is 12.6. The van der Waals surface area contributed by atoms with Crippen molar-refractivity contribution in [3.8, 4) is 0 Å². The molecule has 6 heteroatoms. The van der Waals surface area contributed by atoms with Gasteiger partial charge in [-0.1, -0.05) is 12.8 Å². The van der Waals surface area contributed by atoms with Gasteiger partial charge in [0, 0.05) is 24.0 Å². The molecule has 1 saturated heterocycles. The third-order valence-corrected chi connectivity index (χ3v) is 6.00. The van der Waals surface area contributed by atoms with Crippen molar-refractivity contribution in [2.24, 2.45) is 5.73 Å². The molecule has 5 nitrogen and oxygen atoms in total. The maximum Gasteiger partial charge on any atom is 0.261 e. The van der Waals surface area contributed by atoms with Crippen molar-refractivity contribution in [2.45, 2.75) is 57.0 Å². The van der Waals surface area contributed by atoms with Crippen molar-refractivity contribution in [3.63, 3.8) is 0 Å². The van der Waals surface area contributed by atoms with Gasteiger partial charge in [-0.25, -0.2) is 0 Å². The number of nitrogens with one attached hydrogen (secondary N) is 1. The van der Waals surface area contributed by atoms with Crippen LogP contribution in [-0.2, 0) is 4.79 Å². The summed E-state index contributed by atoms with van der Waals surface area (Å²) in [7, 11) is 0. The summed E-state index contributed by atoms with van der Waals surface area (Å²) >= 11 is 1.51. The lowest BCUT2D eigenvalue weighted by atomic mass is 9.95. The van der Waals surface area contributed by atoms with Gasteiger partial charge in [0.25, 0.3) is 5.91 Å². The molecule has 0 radical (unpaired) electrons. The van der Waals surface area contributed by atoms with Crippen molar-refractivity contribution < 1.29 is 9.59 Å². The summed E-state index contributed by atoms with van der Waals surface area (Å²) in [6.45, 7) is 3.37. The lowest BCUT2D eigenvalue weighted by molar-refractivity contribution is -0.137. The number of hydrogen-bond donors (Lipinski definition) is 2. The molecule has 2 fully saturated rings. The van der Waals surface area contributed by atoms with Crippen LogP contribution in [0.4, 0.5) is 0 Å². The number of piperidine rings is 1. The lowest BCUT2D eigenvalue weighted by Gasteiger charge is -2.37. The van der Waals surface area contributed by atoms with Gasteiger partial charge in [0.1, 0.15) is 0 Å². The van der Waals surface area contributed by atoms with E-state index >= 15 is 0 Å². The highest BCUT2D eigenvalue weighted by Crippen LogP contribution is 2.30. The summed E-state index contributed by atoms with van der Waals surface area (Å²) in [5.41, 5.74) is 5.63. The van der Waals surface area contributed by atoms with Gasteiger partial charge in [0.15, 0.2) is 0 Å². The monoisotopic (exact) mass is 335 g/mol. The van der Waals surface area contributed by atoms with Crippen LogP contribution in [0.1, 0.15) is 53.1 Å². The van der Waals surface area contributed by atoms with Crippen LogP contribution >= 0.6 is 11.3 Å². The number of carbonyl (C=O) groups excluding carboxylic acids is 2. The van der Waals surface area contributed by atoms with Gasteiger partial charge >= 0.3 is 0 Å². The van der Waals surface area contributed by atoms with E-state index in [1.807, 2.05) is 24.0 Å². The zero-order valence-electron chi connectivity index (χ0n) is 13.6. The number of nitrogens with two attached hydrogens (primary N) is 1. The van der Waals surface area contributed by atoms with E-state index in [1.54, 1.807) is 0 Å². The molecule has 0 bridgehead atoms. The van der Waals surface area contributed by atoms with E-state index in [9.17, 15) is 9.59 Å². The largest absolute Gasteiger partial charge is 0.348 e. The summed E-state index contributed by atoms with van der Waals surface area (Å²) in [6, 6.07) is 3.97. The third kappa shape index (κ3) is 3.58. The number of rotatable bonds is 3. The zero-order chi connectivity index (χ0) is 16.4. The molecular weight excluding hydrogens is 310 g/mol. The summed E-state index contributed by atoms with van der Waals surface area (Å²) < 4.78 is 0. The molecule has 3 rings (SSSR count). The smallest absolute Gasteiger partial charge is 0.261 e. The normalized spacial score (nSPS) is 21.4. The highest BCUT2D eigenvalue weighted by atomic mass is 32.1. The van der Waals surface area contributed by atoms with E-state index in [2.05, 4.69) is 5.32 Å². The Morgan fingerprint density at radius 3 is 2.48 bits per heavy atom. The first kappa shape index (κ1) is 16.5. The average molecular weight is 335 g/mol. The Bertz CT molecular complexity index is 584. The number of hydrogen-bond acceptors (Lipinski definition) is 4. The minimum absolute atomic E-state index is 0.000959. The topological polar surface area (TPSA) is 75.4 Å². The molecule has 126 valence electrons. The van der Waals surface area contributed by atoms with Gasteiger partial charge in [-0.05, 0) is 44.7 Å². The average Bonchev–Trinajstić information content (AvgIpc) is 3.17. The number of likely N-dealkylation sites (tertiary alicyclic amines) is 1. The van der Waals surface area contributed by atoms with Crippen LogP contribution in [0, 0.1) is 6.92 Å². The fraction of sp³-hybridized carbons (Fsp3) is 0.647. The molecule has 0 atom stereocenters. The van der Waals surface area contributed by atoms with Crippen molar-refractivity contribution in [1.29, 1.82) is 0 Å². The maximum absolute atomic E-state index is 12.6. The molecule has 2 amide bonds. The molecule has 3 N–H and O–H groups in total. The Kier molecular flexibility index (Phi) is 4.73. The molecule has 1 aliphatic carbocycles. The predicted octanol–water partition coefficient (Wildman–Crippen LogP) is 2.05. The van der Waals surface area contributed by atoms with E-state index in [-0.39, 0.29) is 17.9 Å². The van der Waals surface area contributed by atoms with Gasteiger partial charge < -0.3 is 16.0 Å². The number of amides is 2. The molecule has 2 heterocycles. The second-order valence-corrected chi connectivity index (χ2v) is 8.10. The molecule has 1 aliphatic heterocycles. The fourth-order valence-corrected chi connectivity index (χ4v) is 4.35. The van der Waals surface area contributed by atoms with Crippen LogP contribution in [0.2, 0.25) is 0 Å². The standard InChI is InChI=1S/C17H25N3O2S/c1-12-4-5-14(23-12)15(21)19-13-6-10-20(11-7-13)16(22)17(18)8-2-3-9-17/h4-5,13H,2-3,6-11,18H2,1H3,(H,19,21). The van der Waals surface area contributed by atoms with Crippen molar-refractivity contribution in [2.75, 3.05) is 13.1 Å². The Morgan fingerprint density at radius 1 is 1.26 bits per heavy atom. The van der Waals surface area contributed by atoms with Crippen molar-refractivity contribution >= 4 is 23.2 Å². The number of carbonyl (C=O) groups is 2.